The standard InChI is InChI=1S/C19H23FN2O4S/c1-4-22(5-2)27(24,25)18-12-8-16(9-13-18)21-19(23)14(3)26-17-10-6-15(20)7-11-17/h6-14H,4-5H2,1-3H3,(H,21,23)/t14-/m1/s1. The van der Waals surface area contributed by atoms with Gasteiger partial charge in [-0.3, -0.25) is 4.79 Å². The van der Waals surface area contributed by atoms with Gasteiger partial charge in [-0.05, 0) is 55.5 Å². The fourth-order valence-electron chi connectivity index (χ4n) is 2.44. The van der Waals surface area contributed by atoms with Crippen molar-refractivity contribution in [3.05, 3.63) is 54.3 Å². The number of nitrogens with one attached hydrogen (secondary N) is 1. The van der Waals surface area contributed by atoms with Gasteiger partial charge in [0.1, 0.15) is 11.6 Å². The van der Waals surface area contributed by atoms with Gasteiger partial charge in [0.15, 0.2) is 6.10 Å². The zero-order valence-electron chi connectivity index (χ0n) is 15.5. The molecule has 0 radical (unpaired) electrons. The lowest BCUT2D eigenvalue weighted by Gasteiger charge is -2.19. The Balaban J connectivity index is 2.03. The molecule has 0 fully saturated rings. The topological polar surface area (TPSA) is 75.7 Å². The van der Waals surface area contributed by atoms with Crippen LogP contribution in [0, 0.1) is 5.82 Å². The highest BCUT2D eigenvalue weighted by molar-refractivity contribution is 7.89. The summed E-state index contributed by atoms with van der Waals surface area (Å²) >= 11 is 0. The number of amides is 1. The molecule has 0 aromatic heterocycles. The summed E-state index contributed by atoms with van der Waals surface area (Å²) in [6, 6.07) is 11.3. The molecule has 0 aliphatic carbocycles. The van der Waals surface area contributed by atoms with Crippen molar-refractivity contribution >= 4 is 21.6 Å². The number of benzene rings is 2. The minimum Gasteiger partial charge on any atom is -0.481 e. The van der Waals surface area contributed by atoms with Crippen LogP contribution in [0.3, 0.4) is 0 Å². The molecule has 0 aliphatic heterocycles. The van der Waals surface area contributed by atoms with Crippen molar-refractivity contribution in [2.75, 3.05) is 18.4 Å². The van der Waals surface area contributed by atoms with Crippen LogP contribution in [0.5, 0.6) is 5.75 Å². The van der Waals surface area contributed by atoms with Crippen LogP contribution in [0.2, 0.25) is 0 Å². The van der Waals surface area contributed by atoms with E-state index in [9.17, 15) is 17.6 Å². The fraction of sp³-hybridized carbons (Fsp3) is 0.316. The Labute approximate surface area is 159 Å². The largest absolute Gasteiger partial charge is 0.481 e. The normalized spacial score (nSPS) is 12.6. The molecule has 1 amide bonds. The molecule has 6 nitrogen and oxygen atoms in total. The van der Waals surface area contributed by atoms with Crippen molar-refractivity contribution in [2.24, 2.45) is 0 Å². The number of hydrogen-bond donors (Lipinski definition) is 1. The Hall–Kier alpha value is -2.45. The van der Waals surface area contributed by atoms with Crippen molar-refractivity contribution in [3.8, 4) is 5.75 Å². The van der Waals surface area contributed by atoms with Crippen LogP contribution in [-0.2, 0) is 14.8 Å². The number of sulfonamides is 1. The summed E-state index contributed by atoms with van der Waals surface area (Å²) in [6.45, 7) is 5.89. The van der Waals surface area contributed by atoms with Crippen LogP contribution in [-0.4, -0.2) is 37.8 Å². The quantitative estimate of drug-likeness (QED) is 0.746. The predicted octanol–water partition coefficient (Wildman–Crippen LogP) is 3.26. The van der Waals surface area contributed by atoms with E-state index in [1.165, 1.54) is 52.8 Å². The van der Waals surface area contributed by atoms with E-state index in [2.05, 4.69) is 5.32 Å². The van der Waals surface area contributed by atoms with Gasteiger partial charge in [0.05, 0.1) is 4.90 Å². The third-order valence-corrected chi connectivity index (χ3v) is 6.02. The monoisotopic (exact) mass is 394 g/mol. The summed E-state index contributed by atoms with van der Waals surface area (Å²) < 4.78 is 44.6. The van der Waals surface area contributed by atoms with Gasteiger partial charge in [-0.2, -0.15) is 4.31 Å². The number of carbonyl (C=O) groups is 1. The van der Waals surface area contributed by atoms with E-state index in [1.54, 1.807) is 20.8 Å². The number of rotatable bonds is 8. The molecule has 0 unspecified atom stereocenters. The Morgan fingerprint density at radius 3 is 2.15 bits per heavy atom. The summed E-state index contributed by atoms with van der Waals surface area (Å²) in [7, 11) is -3.54. The molecule has 2 rings (SSSR count). The predicted molar refractivity (Wildman–Crippen MR) is 102 cm³/mol. The lowest BCUT2D eigenvalue weighted by atomic mass is 10.3. The summed E-state index contributed by atoms with van der Waals surface area (Å²) in [6.07, 6.45) is -0.811. The van der Waals surface area contributed by atoms with Crippen LogP contribution in [0.1, 0.15) is 20.8 Å². The first-order valence-corrected chi connectivity index (χ1v) is 10.0. The summed E-state index contributed by atoms with van der Waals surface area (Å²) in [4.78, 5) is 12.4. The van der Waals surface area contributed by atoms with Gasteiger partial charge in [0.25, 0.3) is 5.91 Å². The van der Waals surface area contributed by atoms with Crippen LogP contribution in [0.25, 0.3) is 0 Å². The van der Waals surface area contributed by atoms with E-state index in [4.69, 9.17) is 4.74 Å². The first-order valence-electron chi connectivity index (χ1n) is 8.61. The number of hydrogen-bond acceptors (Lipinski definition) is 4. The highest BCUT2D eigenvalue weighted by Crippen LogP contribution is 2.19. The van der Waals surface area contributed by atoms with Crippen molar-refractivity contribution in [2.45, 2.75) is 31.8 Å². The van der Waals surface area contributed by atoms with Crippen LogP contribution in [0.4, 0.5) is 10.1 Å². The van der Waals surface area contributed by atoms with Crippen molar-refractivity contribution in [3.63, 3.8) is 0 Å². The molecular weight excluding hydrogens is 371 g/mol. The van der Waals surface area contributed by atoms with E-state index < -0.39 is 22.0 Å². The third kappa shape index (κ3) is 5.27. The molecule has 8 heteroatoms. The number of ether oxygens (including phenoxy) is 1. The van der Waals surface area contributed by atoms with Crippen LogP contribution >= 0.6 is 0 Å². The summed E-state index contributed by atoms with van der Waals surface area (Å²) in [5.41, 5.74) is 0.452. The second-order valence-corrected chi connectivity index (χ2v) is 7.75. The molecule has 2 aromatic carbocycles. The first kappa shape index (κ1) is 20.9. The first-order chi connectivity index (χ1) is 12.8. The van der Waals surface area contributed by atoms with Crippen LogP contribution < -0.4 is 10.1 Å². The number of carbonyl (C=O) groups excluding carboxylic acids is 1. The average Bonchev–Trinajstić information content (AvgIpc) is 2.64. The molecule has 0 saturated carbocycles. The maximum Gasteiger partial charge on any atom is 0.265 e. The SMILES string of the molecule is CCN(CC)S(=O)(=O)c1ccc(NC(=O)[C@@H](C)Oc2ccc(F)cc2)cc1. The van der Waals surface area contributed by atoms with Gasteiger partial charge in [0.2, 0.25) is 10.0 Å². The molecule has 0 spiro atoms. The number of halogens is 1. The maximum absolute atomic E-state index is 12.9. The van der Waals surface area contributed by atoms with E-state index >= 15 is 0 Å². The Morgan fingerprint density at radius 1 is 1.07 bits per heavy atom. The van der Waals surface area contributed by atoms with Gasteiger partial charge in [-0.25, -0.2) is 12.8 Å². The summed E-state index contributed by atoms with van der Waals surface area (Å²) in [5, 5.41) is 2.66. The second-order valence-electron chi connectivity index (χ2n) is 5.82. The molecular formula is C19H23FN2O4S. The van der Waals surface area contributed by atoms with Gasteiger partial charge in [-0.15, -0.1) is 0 Å². The number of anilines is 1. The van der Waals surface area contributed by atoms with Crippen molar-refractivity contribution in [1.82, 2.24) is 4.31 Å². The highest BCUT2D eigenvalue weighted by Gasteiger charge is 2.21. The molecule has 27 heavy (non-hydrogen) atoms. The van der Waals surface area contributed by atoms with E-state index in [-0.39, 0.29) is 10.7 Å². The van der Waals surface area contributed by atoms with Gasteiger partial charge in [-0.1, -0.05) is 13.8 Å². The van der Waals surface area contributed by atoms with Crippen molar-refractivity contribution < 1.29 is 22.3 Å². The van der Waals surface area contributed by atoms with E-state index in [0.717, 1.165) is 0 Å². The average molecular weight is 394 g/mol. The fourth-order valence-corrected chi connectivity index (χ4v) is 3.90. The van der Waals surface area contributed by atoms with Crippen molar-refractivity contribution in [1.29, 1.82) is 0 Å². The van der Waals surface area contributed by atoms with Gasteiger partial charge < -0.3 is 10.1 Å². The Morgan fingerprint density at radius 2 is 1.63 bits per heavy atom. The van der Waals surface area contributed by atoms with Crippen LogP contribution in [0.15, 0.2) is 53.4 Å². The van der Waals surface area contributed by atoms with Gasteiger partial charge >= 0.3 is 0 Å². The molecule has 0 heterocycles. The lowest BCUT2D eigenvalue weighted by molar-refractivity contribution is -0.122. The lowest BCUT2D eigenvalue weighted by Crippen LogP contribution is -2.31. The smallest absolute Gasteiger partial charge is 0.265 e. The minimum atomic E-state index is -3.54. The molecule has 1 atom stereocenters. The third-order valence-electron chi connectivity index (χ3n) is 3.96. The minimum absolute atomic E-state index is 0.166. The summed E-state index contributed by atoms with van der Waals surface area (Å²) in [5.74, 6) is -0.419. The zero-order chi connectivity index (χ0) is 20.0. The van der Waals surface area contributed by atoms with E-state index in [0.29, 0.717) is 24.5 Å². The molecule has 146 valence electrons. The molecule has 1 N–H and O–H groups in total. The second kappa shape index (κ2) is 8.96. The zero-order valence-corrected chi connectivity index (χ0v) is 16.3. The molecule has 0 saturated heterocycles. The van der Waals surface area contributed by atoms with Gasteiger partial charge in [0, 0.05) is 18.8 Å². The Kier molecular flexibility index (Phi) is 6.92. The van der Waals surface area contributed by atoms with E-state index in [1.807, 2.05) is 0 Å². The Bertz CT molecular complexity index is 864. The number of nitrogens with zero attached hydrogens (tertiary/aromatic N) is 1. The maximum atomic E-state index is 12.9. The molecule has 2 aromatic rings. The molecule has 0 aliphatic rings. The highest BCUT2D eigenvalue weighted by atomic mass is 32.2. The molecule has 0 bridgehead atoms.